The van der Waals surface area contributed by atoms with Crippen molar-refractivity contribution in [1.82, 2.24) is 25.3 Å². The molecular weight excluding hydrogens is 286 g/mol. The molecule has 2 saturated heterocycles. The lowest BCUT2D eigenvalue weighted by Crippen LogP contribution is -2.41. The largest absolute Gasteiger partial charge is 0.339 e. The van der Waals surface area contributed by atoms with Crippen LogP contribution in [0, 0.1) is 0 Å². The van der Waals surface area contributed by atoms with Crippen molar-refractivity contribution in [2.75, 3.05) is 26.2 Å². The first kappa shape index (κ1) is 13.7. The molecule has 2 aliphatic heterocycles. The predicted octanol–water partition coefficient (Wildman–Crippen LogP) is 0.636. The zero-order chi connectivity index (χ0) is 15.1. The lowest BCUT2D eigenvalue weighted by molar-refractivity contribution is -0.129. The molecular formula is C14H19N5O3. The maximum Gasteiger partial charge on any atom is 0.324 e. The molecule has 1 N–H and O–H groups in total. The van der Waals surface area contributed by atoms with Gasteiger partial charge < -0.3 is 9.84 Å². The molecule has 3 aliphatic rings. The van der Waals surface area contributed by atoms with Crippen molar-refractivity contribution in [2.45, 2.75) is 37.6 Å². The molecule has 8 nitrogen and oxygen atoms in total. The van der Waals surface area contributed by atoms with E-state index < -0.39 is 0 Å². The number of likely N-dealkylation sites (tertiary alicyclic amines) is 1. The van der Waals surface area contributed by atoms with Crippen LogP contribution in [0.25, 0.3) is 0 Å². The number of imide groups is 1. The molecule has 1 unspecified atom stereocenters. The van der Waals surface area contributed by atoms with Gasteiger partial charge in [0.05, 0.1) is 12.6 Å². The van der Waals surface area contributed by atoms with Gasteiger partial charge in [0.15, 0.2) is 5.82 Å². The van der Waals surface area contributed by atoms with Crippen molar-refractivity contribution in [1.29, 1.82) is 0 Å². The first-order valence-electron chi connectivity index (χ1n) is 7.88. The summed E-state index contributed by atoms with van der Waals surface area (Å²) in [4.78, 5) is 31.7. The van der Waals surface area contributed by atoms with Gasteiger partial charge in [-0.15, -0.1) is 0 Å². The van der Waals surface area contributed by atoms with Crippen molar-refractivity contribution in [2.24, 2.45) is 0 Å². The Kier molecular flexibility index (Phi) is 3.33. The highest BCUT2D eigenvalue weighted by Crippen LogP contribution is 2.40. The van der Waals surface area contributed by atoms with E-state index in [1.165, 1.54) is 4.90 Å². The van der Waals surface area contributed by atoms with Crippen LogP contribution in [-0.2, 0) is 4.79 Å². The van der Waals surface area contributed by atoms with E-state index in [4.69, 9.17) is 4.52 Å². The van der Waals surface area contributed by atoms with Gasteiger partial charge in [0.25, 0.3) is 0 Å². The minimum atomic E-state index is -0.295. The van der Waals surface area contributed by atoms with Crippen LogP contribution in [0.3, 0.4) is 0 Å². The van der Waals surface area contributed by atoms with Crippen molar-refractivity contribution < 1.29 is 14.1 Å². The first-order chi connectivity index (χ1) is 10.7. The highest BCUT2D eigenvalue weighted by atomic mass is 16.5. The third-order valence-corrected chi connectivity index (χ3v) is 4.54. The van der Waals surface area contributed by atoms with Crippen LogP contribution in [0.5, 0.6) is 0 Å². The number of rotatable bonds is 4. The zero-order valence-electron chi connectivity index (χ0n) is 12.3. The Balaban J connectivity index is 1.43. The van der Waals surface area contributed by atoms with Crippen molar-refractivity contribution in [3.63, 3.8) is 0 Å². The van der Waals surface area contributed by atoms with E-state index in [9.17, 15) is 9.59 Å². The van der Waals surface area contributed by atoms with E-state index in [0.717, 1.165) is 38.1 Å². The van der Waals surface area contributed by atoms with Crippen LogP contribution in [0.4, 0.5) is 4.79 Å². The summed E-state index contributed by atoms with van der Waals surface area (Å²) in [7, 11) is 0. The molecule has 1 atom stereocenters. The predicted molar refractivity (Wildman–Crippen MR) is 74.9 cm³/mol. The normalized spacial score (nSPS) is 25.7. The second-order valence-electron chi connectivity index (χ2n) is 6.17. The zero-order valence-corrected chi connectivity index (χ0v) is 12.3. The highest BCUT2D eigenvalue weighted by molar-refractivity contribution is 5.96. The molecule has 3 amide bonds. The van der Waals surface area contributed by atoms with E-state index in [1.54, 1.807) is 0 Å². The molecule has 8 heteroatoms. The number of aromatic nitrogens is 2. The fourth-order valence-corrected chi connectivity index (χ4v) is 3.16. The second-order valence-corrected chi connectivity index (χ2v) is 6.17. The Hall–Kier alpha value is -1.96. The van der Waals surface area contributed by atoms with Crippen LogP contribution in [0.15, 0.2) is 4.52 Å². The number of carbonyl (C=O) groups is 2. The van der Waals surface area contributed by atoms with Crippen LogP contribution in [0.1, 0.15) is 49.4 Å². The van der Waals surface area contributed by atoms with Gasteiger partial charge in [-0.25, -0.2) is 4.79 Å². The van der Waals surface area contributed by atoms with E-state index in [0.29, 0.717) is 24.8 Å². The average molecular weight is 305 g/mol. The van der Waals surface area contributed by atoms with E-state index >= 15 is 0 Å². The number of nitrogens with one attached hydrogen (secondary N) is 1. The van der Waals surface area contributed by atoms with Gasteiger partial charge in [-0.05, 0) is 32.2 Å². The van der Waals surface area contributed by atoms with Gasteiger partial charge in [-0.2, -0.15) is 4.98 Å². The lowest BCUT2D eigenvalue weighted by Gasteiger charge is -2.23. The second kappa shape index (κ2) is 5.35. The molecule has 0 spiro atoms. The minimum absolute atomic E-state index is 0.0193. The molecule has 1 aliphatic carbocycles. The third-order valence-electron chi connectivity index (χ3n) is 4.54. The Labute approximate surface area is 127 Å². The maximum atomic E-state index is 12.3. The summed E-state index contributed by atoms with van der Waals surface area (Å²) in [5.74, 6) is 1.68. The minimum Gasteiger partial charge on any atom is -0.339 e. The van der Waals surface area contributed by atoms with E-state index in [1.807, 2.05) is 0 Å². The summed E-state index contributed by atoms with van der Waals surface area (Å²) in [6.07, 6.45) is 4.16. The molecule has 118 valence electrons. The number of hydrogen-bond acceptors (Lipinski definition) is 6. The molecule has 1 aromatic rings. The Morgan fingerprint density at radius 3 is 2.91 bits per heavy atom. The number of carbonyl (C=O) groups excluding carboxylic acids is 2. The SMILES string of the molecule is O=C(CN1CCCC1c1noc(C2CC2)n1)N1CCNC1=O. The maximum absolute atomic E-state index is 12.3. The summed E-state index contributed by atoms with van der Waals surface area (Å²) < 4.78 is 5.32. The standard InChI is InChI=1S/C14H19N5O3/c20-11(19-7-5-15-14(19)21)8-18-6-1-2-10(18)12-16-13(22-17-12)9-3-4-9/h9-10H,1-8H2,(H,15,21). The summed E-state index contributed by atoms with van der Waals surface area (Å²) >= 11 is 0. The fourth-order valence-electron chi connectivity index (χ4n) is 3.16. The number of nitrogens with zero attached hydrogens (tertiary/aromatic N) is 4. The van der Waals surface area contributed by atoms with Crippen molar-refractivity contribution in [3.8, 4) is 0 Å². The summed E-state index contributed by atoms with van der Waals surface area (Å²) in [5.41, 5.74) is 0. The Bertz CT molecular complexity index is 597. The molecule has 22 heavy (non-hydrogen) atoms. The molecule has 4 rings (SSSR count). The number of hydrogen-bond donors (Lipinski definition) is 1. The van der Waals surface area contributed by atoms with Crippen LogP contribution < -0.4 is 5.32 Å². The van der Waals surface area contributed by atoms with Gasteiger partial charge in [-0.1, -0.05) is 5.16 Å². The van der Waals surface area contributed by atoms with Crippen molar-refractivity contribution >= 4 is 11.9 Å². The monoisotopic (exact) mass is 305 g/mol. The average Bonchev–Trinajstić information content (AvgIpc) is 2.91. The van der Waals surface area contributed by atoms with Crippen LogP contribution in [-0.4, -0.2) is 58.1 Å². The summed E-state index contributed by atoms with van der Waals surface area (Å²) in [6.45, 7) is 2.03. The van der Waals surface area contributed by atoms with Gasteiger partial charge in [0.1, 0.15) is 0 Å². The van der Waals surface area contributed by atoms with Gasteiger partial charge >= 0.3 is 6.03 Å². The smallest absolute Gasteiger partial charge is 0.324 e. The summed E-state index contributed by atoms with van der Waals surface area (Å²) in [5, 5.41) is 6.75. The topological polar surface area (TPSA) is 91.6 Å². The third kappa shape index (κ3) is 2.47. The quantitative estimate of drug-likeness (QED) is 0.877. The fraction of sp³-hybridized carbons (Fsp3) is 0.714. The molecule has 1 aromatic heterocycles. The molecule has 0 bridgehead atoms. The van der Waals surface area contributed by atoms with Crippen LogP contribution >= 0.6 is 0 Å². The number of urea groups is 1. The number of amides is 3. The molecule has 1 saturated carbocycles. The van der Waals surface area contributed by atoms with Gasteiger partial charge in [-0.3, -0.25) is 14.6 Å². The first-order valence-corrected chi connectivity index (χ1v) is 7.88. The molecule has 0 aromatic carbocycles. The summed E-state index contributed by atoms with van der Waals surface area (Å²) in [6, 6.07) is -0.276. The van der Waals surface area contributed by atoms with Gasteiger partial charge in [0.2, 0.25) is 11.8 Å². The lowest BCUT2D eigenvalue weighted by atomic mass is 10.2. The Morgan fingerprint density at radius 1 is 1.32 bits per heavy atom. The molecule has 0 radical (unpaired) electrons. The van der Waals surface area contributed by atoms with Crippen LogP contribution in [0.2, 0.25) is 0 Å². The van der Waals surface area contributed by atoms with E-state index in [2.05, 4.69) is 20.4 Å². The highest BCUT2D eigenvalue weighted by Gasteiger charge is 2.36. The Morgan fingerprint density at radius 2 is 2.18 bits per heavy atom. The van der Waals surface area contributed by atoms with Crippen molar-refractivity contribution in [3.05, 3.63) is 11.7 Å². The van der Waals surface area contributed by atoms with Gasteiger partial charge in [0, 0.05) is 19.0 Å². The van der Waals surface area contributed by atoms with E-state index in [-0.39, 0.29) is 24.5 Å². The molecule has 3 fully saturated rings. The molecule has 3 heterocycles.